The fourth-order valence-electron chi connectivity index (χ4n) is 2.93. The van der Waals surface area contributed by atoms with Crippen LogP contribution in [0.5, 0.6) is 0 Å². The minimum absolute atomic E-state index is 0.0244. The number of aromatic nitrogens is 2. The number of carboxylic acids is 1. The number of hydrogen-bond acceptors (Lipinski definition) is 4. The van der Waals surface area contributed by atoms with Gasteiger partial charge in [0.15, 0.2) is 5.03 Å². The van der Waals surface area contributed by atoms with Crippen molar-refractivity contribution in [2.24, 2.45) is 5.41 Å². The van der Waals surface area contributed by atoms with Gasteiger partial charge in [-0.25, -0.2) is 13.4 Å². The van der Waals surface area contributed by atoms with Gasteiger partial charge in [0.05, 0.1) is 11.6 Å². The van der Waals surface area contributed by atoms with Crippen LogP contribution in [0, 0.1) is 12.3 Å². The highest BCUT2D eigenvalue weighted by Gasteiger charge is 2.45. The van der Waals surface area contributed by atoms with Gasteiger partial charge in [-0.3, -0.25) is 4.79 Å². The van der Waals surface area contributed by atoms with E-state index in [0.29, 0.717) is 38.1 Å². The van der Waals surface area contributed by atoms with E-state index in [1.807, 2.05) is 6.92 Å². The summed E-state index contributed by atoms with van der Waals surface area (Å²) in [5.74, 6) is -0.395. The van der Waals surface area contributed by atoms with Gasteiger partial charge in [0, 0.05) is 13.1 Å². The summed E-state index contributed by atoms with van der Waals surface area (Å²) in [6.07, 6.45) is 3.55. The number of nitrogens with one attached hydrogen (secondary N) is 1. The Bertz CT molecular complexity index is 621. The molecule has 8 heteroatoms. The summed E-state index contributed by atoms with van der Waals surface area (Å²) in [6.45, 7) is 3.96. The molecule has 0 aliphatic carbocycles. The van der Waals surface area contributed by atoms with Gasteiger partial charge in [0.2, 0.25) is 0 Å². The van der Waals surface area contributed by atoms with Crippen LogP contribution in [0.25, 0.3) is 0 Å². The second kappa shape index (κ2) is 5.76. The van der Waals surface area contributed by atoms with Gasteiger partial charge in [0.1, 0.15) is 5.82 Å². The summed E-state index contributed by atoms with van der Waals surface area (Å²) >= 11 is 0. The molecule has 2 N–H and O–H groups in total. The van der Waals surface area contributed by atoms with Crippen molar-refractivity contribution in [2.75, 3.05) is 13.1 Å². The first-order valence-electron chi connectivity index (χ1n) is 7.07. The Morgan fingerprint density at radius 3 is 2.81 bits per heavy atom. The first kappa shape index (κ1) is 16.0. The lowest BCUT2D eigenvalue weighted by Crippen LogP contribution is -2.49. The van der Waals surface area contributed by atoms with E-state index in [1.54, 1.807) is 6.92 Å². The molecule has 1 unspecified atom stereocenters. The number of hydrogen-bond donors (Lipinski definition) is 2. The molecule has 0 radical (unpaired) electrons. The van der Waals surface area contributed by atoms with Gasteiger partial charge in [-0.15, -0.1) is 0 Å². The fraction of sp³-hybridized carbons (Fsp3) is 0.692. The standard InChI is InChI=1S/C13H21N3O4S/c1-3-5-13(12(17)18)6-4-7-16(9-13)21(19,20)11-8-14-10(2)15-11/h8H,3-7,9H2,1-2H3,(H,14,15)(H,17,18). The molecule has 1 saturated heterocycles. The van der Waals surface area contributed by atoms with Gasteiger partial charge in [0.25, 0.3) is 10.0 Å². The molecule has 1 aliphatic heterocycles. The molecule has 2 heterocycles. The fourth-order valence-corrected chi connectivity index (χ4v) is 4.45. The molecule has 1 aromatic heterocycles. The molecule has 1 aliphatic rings. The van der Waals surface area contributed by atoms with E-state index in [0.717, 1.165) is 0 Å². The lowest BCUT2D eigenvalue weighted by molar-refractivity contribution is -0.151. The Kier molecular flexibility index (Phi) is 4.38. The maximum absolute atomic E-state index is 12.6. The normalized spacial score (nSPS) is 24.1. The molecule has 21 heavy (non-hydrogen) atoms. The molecule has 2 rings (SSSR count). The molecular formula is C13H21N3O4S. The molecule has 1 fully saturated rings. The monoisotopic (exact) mass is 315 g/mol. The molecule has 0 aromatic carbocycles. The smallest absolute Gasteiger partial charge is 0.310 e. The molecule has 0 saturated carbocycles. The number of H-pyrrole nitrogens is 1. The number of carboxylic acid groups (broad SMARTS) is 1. The average Bonchev–Trinajstić information content (AvgIpc) is 2.86. The van der Waals surface area contributed by atoms with Crippen LogP contribution in [-0.2, 0) is 14.8 Å². The summed E-state index contributed by atoms with van der Waals surface area (Å²) in [5.41, 5.74) is -0.977. The molecule has 1 atom stereocenters. The van der Waals surface area contributed by atoms with Gasteiger partial charge in [-0.1, -0.05) is 13.3 Å². The van der Waals surface area contributed by atoms with E-state index < -0.39 is 21.4 Å². The van der Waals surface area contributed by atoms with Gasteiger partial charge in [-0.2, -0.15) is 4.31 Å². The Balaban J connectivity index is 2.30. The number of rotatable bonds is 5. The second-order valence-electron chi connectivity index (χ2n) is 5.61. The quantitative estimate of drug-likeness (QED) is 0.854. The van der Waals surface area contributed by atoms with Crippen molar-refractivity contribution in [1.82, 2.24) is 14.3 Å². The number of carbonyl (C=O) groups is 1. The van der Waals surface area contributed by atoms with Crippen molar-refractivity contribution in [2.45, 2.75) is 44.6 Å². The van der Waals surface area contributed by atoms with Crippen molar-refractivity contribution in [3.05, 3.63) is 12.0 Å². The number of sulfonamides is 1. The zero-order chi connectivity index (χ0) is 15.7. The lowest BCUT2D eigenvalue weighted by Gasteiger charge is -2.38. The van der Waals surface area contributed by atoms with Gasteiger partial charge < -0.3 is 10.1 Å². The zero-order valence-electron chi connectivity index (χ0n) is 12.3. The molecule has 1 aromatic rings. The maximum atomic E-state index is 12.6. The summed E-state index contributed by atoms with van der Waals surface area (Å²) in [4.78, 5) is 18.3. The van der Waals surface area contributed by atoms with Crippen LogP contribution in [0.2, 0.25) is 0 Å². The Labute approximate surface area is 124 Å². The number of piperidine rings is 1. The SMILES string of the molecule is CCCC1(C(=O)O)CCCN(S(=O)(=O)c2cnc(C)[nH]2)C1. The molecule has 0 amide bonds. The Hall–Kier alpha value is -1.41. The topological polar surface area (TPSA) is 103 Å². The van der Waals surface area contributed by atoms with Crippen molar-refractivity contribution < 1.29 is 18.3 Å². The van der Waals surface area contributed by atoms with Crippen LogP contribution in [-0.4, -0.2) is 46.9 Å². The highest BCUT2D eigenvalue weighted by molar-refractivity contribution is 7.89. The van der Waals surface area contributed by atoms with E-state index in [1.165, 1.54) is 10.5 Å². The first-order chi connectivity index (χ1) is 9.82. The molecule has 118 valence electrons. The molecular weight excluding hydrogens is 294 g/mol. The largest absolute Gasteiger partial charge is 0.481 e. The third kappa shape index (κ3) is 2.96. The van der Waals surface area contributed by atoms with E-state index in [9.17, 15) is 18.3 Å². The number of aryl methyl sites for hydroxylation is 1. The molecule has 0 bridgehead atoms. The van der Waals surface area contributed by atoms with E-state index in [-0.39, 0.29) is 11.6 Å². The Morgan fingerprint density at radius 1 is 1.57 bits per heavy atom. The number of nitrogens with zero attached hydrogens (tertiary/aromatic N) is 2. The summed E-state index contributed by atoms with van der Waals surface area (Å²) in [5, 5.41) is 9.56. The van der Waals surface area contributed by atoms with Crippen molar-refractivity contribution >= 4 is 16.0 Å². The number of aromatic amines is 1. The summed E-state index contributed by atoms with van der Waals surface area (Å²) < 4.78 is 26.4. The third-order valence-electron chi connectivity index (χ3n) is 4.02. The van der Waals surface area contributed by atoms with E-state index in [2.05, 4.69) is 9.97 Å². The van der Waals surface area contributed by atoms with Crippen molar-refractivity contribution in [3.8, 4) is 0 Å². The van der Waals surface area contributed by atoms with Crippen molar-refractivity contribution in [3.63, 3.8) is 0 Å². The van der Waals surface area contributed by atoms with Crippen LogP contribution in [0.3, 0.4) is 0 Å². The highest BCUT2D eigenvalue weighted by Crippen LogP contribution is 2.36. The zero-order valence-corrected chi connectivity index (χ0v) is 13.1. The maximum Gasteiger partial charge on any atom is 0.310 e. The van der Waals surface area contributed by atoms with Crippen molar-refractivity contribution in [1.29, 1.82) is 0 Å². The molecule has 7 nitrogen and oxygen atoms in total. The third-order valence-corrected chi connectivity index (χ3v) is 5.78. The first-order valence-corrected chi connectivity index (χ1v) is 8.51. The van der Waals surface area contributed by atoms with Crippen LogP contribution in [0.1, 0.15) is 38.4 Å². The summed E-state index contributed by atoms with van der Waals surface area (Å²) in [6, 6.07) is 0. The van der Waals surface area contributed by atoms with Gasteiger partial charge >= 0.3 is 5.97 Å². The molecule has 0 spiro atoms. The van der Waals surface area contributed by atoms with Gasteiger partial charge in [-0.05, 0) is 26.2 Å². The van der Waals surface area contributed by atoms with E-state index in [4.69, 9.17) is 0 Å². The minimum Gasteiger partial charge on any atom is -0.481 e. The summed E-state index contributed by atoms with van der Waals surface area (Å²) in [7, 11) is -3.71. The number of aliphatic carboxylic acids is 1. The van der Waals surface area contributed by atoms with Crippen LogP contribution in [0.4, 0.5) is 0 Å². The number of imidazole rings is 1. The average molecular weight is 315 g/mol. The van der Waals surface area contributed by atoms with Crippen LogP contribution in [0.15, 0.2) is 11.2 Å². The minimum atomic E-state index is -3.71. The predicted molar refractivity (Wildman–Crippen MR) is 76.3 cm³/mol. The predicted octanol–water partition coefficient (Wildman–Crippen LogP) is 1.37. The van der Waals surface area contributed by atoms with Crippen LogP contribution >= 0.6 is 0 Å². The lowest BCUT2D eigenvalue weighted by atomic mass is 9.77. The Morgan fingerprint density at radius 2 is 2.29 bits per heavy atom. The van der Waals surface area contributed by atoms with E-state index >= 15 is 0 Å². The van der Waals surface area contributed by atoms with Crippen LogP contribution < -0.4 is 0 Å². The highest BCUT2D eigenvalue weighted by atomic mass is 32.2. The second-order valence-corrected chi connectivity index (χ2v) is 7.52.